The van der Waals surface area contributed by atoms with Crippen molar-refractivity contribution in [3.63, 3.8) is 0 Å². The van der Waals surface area contributed by atoms with E-state index in [2.05, 4.69) is 11.0 Å². The van der Waals surface area contributed by atoms with Crippen molar-refractivity contribution >= 4 is 0 Å². The predicted molar refractivity (Wildman–Crippen MR) is 63.0 cm³/mol. The van der Waals surface area contributed by atoms with Gasteiger partial charge in [-0.3, -0.25) is 0 Å². The average molecular weight is 222 g/mol. The van der Waals surface area contributed by atoms with Crippen LogP contribution in [0.3, 0.4) is 0 Å². The van der Waals surface area contributed by atoms with Gasteiger partial charge in [-0.25, -0.2) is 0 Å². The van der Waals surface area contributed by atoms with E-state index in [1.165, 1.54) is 45.2 Å². The number of rotatable bonds is 4. The lowest BCUT2D eigenvalue weighted by Gasteiger charge is -2.44. The highest BCUT2D eigenvalue weighted by molar-refractivity contribution is 4.87. The van der Waals surface area contributed by atoms with Gasteiger partial charge in [-0.2, -0.15) is 5.26 Å². The lowest BCUT2D eigenvalue weighted by atomic mass is 9.84. The van der Waals surface area contributed by atoms with Crippen molar-refractivity contribution < 1.29 is 4.74 Å². The fourth-order valence-electron chi connectivity index (χ4n) is 3.12. The van der Waals surface area contributed by atoms with Crippen LogP contribution < -0.4 is 0 Å². The highest BCUT2D eigenvalue weighted by Crippen LogP contribution is 2.30. The molecule has 90 valence electrons. The van der Waals surface area contributed by atoms with Crippen LogP contribution in [0.1, 0.15) is 38.5 Å². The first-order valence-electron chi connectivity index (χ1n) is 6.60. The minimum atomic E-state index is 0.529. The van der Waals surface area contributed by atoms with E-state index in [-0.39, 0.29) is 0 Å². The second kappa shape index (κ2) is 6.22. The standard InChI is InChI=1S/C13H22N2O/c14-7-4-10-16-11-12-5-3-9-15-8-2-1-6-13(12)15/h12-13H,1-6,8-11H2/t12-,13-/m0/s1. The van der Waals surface area contributed by atoms with E-state index in [0.29, 0.717) is 18.9 Å². The molecule has 0 spiro atoms. The maximum Gasteiger partial charge on any atom is 0.0645 e. The lowest BCUT2D eigenvalue weighted by molar-refractivity contribution is 0.00533. The van der Waals surface area contributed by atoms with Crippen molar-refractivity contribution in [1.82, 2.24) is 4.90 Å². The second-order valence-corrected chi connectivity index (χ2v) is 4.98. The molecular weight excluding hydrogens is 200 g/mol. The zero-order valence-corrected chi connectivity index (χ0v) is 10.0. The van der Waals surface area contributed by atoms with E-state index in [1.54, 1.807) is 0 Å². The van der Waals surface area contributed by atoms with Gasteiger partial charge in [-0.1, -0.05) is 6.42 Å². The molecule has 2 fully saturated rings. The lowest BCUT2D eigenvalue weighted by Crippen LogP contribution is -2.49. The third kappa shape index (κ3) is 2.96. The summed E-state index contributed by atoms with van der Waals surface area (Å²) in [6, 6.07) is 2.89. The van der Waals surface area contributed by atoms with Crippen LogP contribution in [0.15, 0.2) is 0 Å². The molecule has 2 heterocycles. The van der Waals surface area contributed by atoms with Crippen molar-refractivity contribution in [2.75, 3.05) is 26.3 Å². The number of nitriles is 1. The minimum absolute atomic E-state index is 0.529. The number of piperidine rings is 2. The maximum absolute atomic E-state index is 8.45. The summed E-state index contributed by atoms with van der Waals surface area (Å²) in [5.41, 5.74) is 0. The molecule has 2 atom stereocenters. The molecule has 2 rings (SSSR count). The number of fused-ring (bicyclic) bond motifs is 1. The number of hydrogen-bond acceptors (Lipinski definition) is 3. The molecule has 0 amide bonds. The third-order valence-corrected chi connectivity index (χ3v) is 3.92. The Labute approximate surface area is 98.4 Å². The summed E-state index contributed by atoms with van der Waals surface area (Å²) in [5.74, 6) is 0.716. The maximum atomic E-state index is 8.45. The van der Waals surface area contributed by atoms with E-state index < -0.39 is 0 Å². The zero-order valence-electron chi connectivity index (χ0n) is 10.0. The van der Waals surface area contributed by atoms with Crippen LogP contribution in [0.25, 0.3) is 0 Å². The predicted octanol–water partition coefficient (Wildman–Crippen LogP) is 2.18. The van der Waals surface area contributed by atoms with Crippen LogP contribution in [0, 0.1) is 17.2 Å². The van der Waals surface area contributed by atoms with Crippen molar-refractivity contribution in [1.29, 1.82) is 5.26 Å². The van der Waals surface area contributed by atoms with Crippen LogP contribution in [-0.4, -0.2) is 37.2 Å². The van der Waals surface area contributed by atoms with E-state index in [1.807, 2.05) is 0 Å². The summed E-state index contributed by atoms with van der Waals surface area (Å²) in [6.45, 7) is 4.06. The van der Waals surface area contributed by atoms with Crippen LogP contribution in [0.4, 0.5) is 0 Å². The van der Waals surface area contributed by atoms with E-state index >= 15 is 0 Å². The summed E-state index contributed by atoms with van der Waals surface area (Å²) in [6.07, 6.45) is 7.28. The zero-order chi connectivity index (χ0) is 11.2. The Morgan fingerprint density at radius 2 is 2.06 bits per heavy atom. The summed E-state index contributed by atoms with van der Waals surface area (Å²) in [4.78, 5) is 2.66. The van der Waals surface area contributed by atoms with Gasteiger partial charge in [-0.15, -0.1) is 0 Å². The van der Waals surface area contributed by atoms with E-state index in [0.717, 1.165) is 12.6 Å². The van der Waals surface area contributed by atoms with Crippen LogP contribution >= 0.6 is 0 Å². The fraction of sp³-hybridized carbons (Fsp3) is 0.923. The SMILES string of the molecule is N#CCCOC[C@@H]1CCCN2CCCC[C@@H]12. The Morgan fingerprint density at radius 1 is 1.19 bits per heavy atom. The Morgan fingerprint density at radius 3 is 2.94 bits per heavy atom. The Kier molecular flexibility index (Phi) is 4.62. The molecule has 0 aliphatic carbocycles. The molecule has 0 aromatic rings. The highest BCUT2D eigenvalue weighted by atomic mass is 16.5. The van der Waals surface area contributed by atoms with Gasteiger partial charge < -0.3 is 9.64 Å². The van der Waals surface area contributed by atoms with Gasteiger partial charge in [0.1, 0.15) is 0 Å². The molecule has 0 unspecified atom stereocenters. The van der Waals surface area contributed by atoms with Gasteiger partial charge in [0.2, 0.25) is 0 Å². The molecule has 16 heavy (non-hydrogen) atoms. The van der Waals surface area contributed by atoms with Gasteiger partial charge >= 0.3 is 0 Å². The summed E-state index contributed by atoms with van der Waals surface area (Å²) in [5, 5.41) is 8.45. The molecule has 0 saturated carbocycles. The normalized spacial score (nSPS) is 30.7. The Bertz CT molecular complexity index is 247. The Hall–Kier alpha value is -0.590. The van der Waals surface area contributed by atoms with Crippen LogP contribution in [0.5, 0.6) is 0 Å². The monoisotopic (exact) mass is 222 g/mol. The van der Waals surface area contributed by atoms with Gasteiger partial charge in [0.15, 0.2) is 0 Å². The molecule has 3 heteroatoms. The van der Waals surface area contributed by atoms with E-state index in [9.17, 15) is 0 Å². The number of nitrogens with zero attached hydrogens (tertiary/aromatic N) is 2. The van der Waals surface area contributed by atoms with Crippen LogP contribution in [-0.2, 0) is 4.74 Å². The van der Waals surface area contributed by atoms with Gasteiger partial charge in [0.25, 0.3) is 0 Å². The largest absolute Gasteiger partial charge is 0.380 e. The minimum Gasteiger partial charge on any atom is -0.380 e. The molecule has 0 radical (unpaired) electrons. The molecule has 2 saturated heterocycles. The summed E-state index contributed by atoms with van der Waals surface area (Å²) < 4.78 is 5.61. The molecule has 0 aromatic heterocycles. The van der Waals surface area contributed by atoms with Crippen molar-refractivity contribution in [3.05, 3.63) is 0 Å². The van der Waals surface area contributed by atoms with Crippen molar-refractivity contribution in [2.45, 2.75) is 44.6 Å². The number of ether oxygens (including phenoxy) is 1. The molecule has 2 aliphatic heterocycles. The average Bonchev–Trinajstić information content (AvgIpc) is 2.35. The van der Waals surface area contributed by atoms with Gasteiger partial charge in [-0.05, 0) is 44.7 Å². The fourth-order valence-corrected chi connectivity index (χ4v) is 3.12. The molecule has 3 nitrogen and oxygen atoms in total. The molecular formula is C13H22N2O. The van der Waals surface area contributed by atoms with E-state index in [4.69, 9.17) is 10.00 Å². The van der Waals surface area contributed by atoms with Gasteiger partial charge in [0, 0.05) is 6.04 Å². The quantitative estimate of drug-likeness (QED) is 0.684. The molecule has 0 N–H and O–H groups in total. The topological polar surface area (TPSA) is 36.3 Å². The molecule has 2 aliphatic rings. The first kappa shape index (κ1) is 11.9. The summed E-state index contributed by atoms with van der Waals surface area (Å²) in [7, 11) is 0. The smallest absolute Gasteiger partial charge is 0.0645 e. The Balaban J connectivity index is 1.76. The van der Waals surface area contributed by atoms with Crippen LogP contribution in [0.2, 0.25) is 0 Å². The van der Waals surface area contributed by atoms with Crippen molar-refractivity contribution in [3.8, 4) is 6.07 Å². The van der Waals surface area contributed by atoms with Crippen molar-refractivity contribution in [2.24, 2.45) is 5.92 Å². The first-order valence-corrected chi connectivity index (χ1v) is 6.60. The first-order chi connectivity index (χ1) is 7.92. The second-order valence-electron chi connectivity index (χ2n) is 4.98. The summed E-state index contributed by atoms with van der Waals surface area (Å²) >= 11 is 0. The van der Waals surface area contributed by atoms with Gasteiger partial charge in [0.05, 0.1) is 25.7 Å². The molecule has 0 bridgehead atoms. The molecule has 0 aromatic carbocycles. The highest BCUT2D eigenvalue weighted by Gasteiger charge is 2.32. The number of hydrogen-bond donors (Lipinski definition) is 0. The third-order valence-electron chi connectivity index (χ3n) is 3.92.